The van der Waals surface area contributed by atoms with E-state index >= 15 is 0 Å². The lowest BCUT2D eigenvalue weighted by molar-refractivity contribution is -0.126. The Morgan fingerprint density at radius 2 is 2.12 bits per heavy atom. The Morgan fingerprint density at radius 1 is 1.36 bits per heavy atom. The lowest BCUT2D eigenvalue weighted by Gasteiger charge is -2.23. The highest BCUT2D eigenvalue weighted by Gasteiger charge is 2.27. The number of carbonyl (C=O) groups excluding carboxylic acids is 1. The molecule has 0 N–H and O–H groups in total. The number of nitrogens with zero attached hydrogens (tertiary/aromatic N) is 3. The van der Waals surface area contributed by atoms with Gasteiger partial charge >= 0.3 is 0 Å². The molecule has 132 valence electrons. The molecule has 1 saturated heterocycles. The van der Waals surface area contributed by atoms with Gasteiger partial charge in [-0.1, -0.05) is 41.9 Å². The van der Waals surface area contributed by atoms with Crippen LogP contribution in [0.1, 0.15) is 36.1 Å². The van der Waals surface area contributed by atoms with Crippen LogP contribution in [0.2, 0.25) is 5.15 Å². The standard InChI is InChI=1S/C20H24ClN3O/c1-15-18(20(21)23(2)22-15)12-13-19(25)24-14-6-9-17(24)11-10-16-7-4-3-5-8-16/h3-5,7-8,12-13,17H,6,9-11,14H2,1-2H3/b13-12+. The van der Waals surface area contributed by atoms with Gasteiger partial charge in [-0.3, -0.25) is 9.48 Å². The van der Waals surface area contributed by atoms with Crippen LogP contribution in [-0.4, -0.2) is 33.2 Å². The summed E-state index contributed by atoms with van der Waals surface area (Å²) < 4.78 is 1.62. The number of likely N-dealkylation sites (tertiary alicyclic amines) is 1. The summed E-state index contributed by atoms with van der Waals surface area (Å²) in [6.07, 6.45) is 7.60. The SMILES string of the molecule is Cc1nn(C)c(Cl)c1/C=C/C(=O)N1CCCC1CCc1ccccc1. The molecule has 0 radical (unpaired) electrons. The van der Waals surface area contributed by atoms with Crippen LogP contribution in [0.5, 0.6) is 0 Å². The number of aromatic nitrogens is 2. The van der Waals surface area contributed by atoms with Crippen molar-refractivity contribution >= 4 is 23.6 Å². The van der Waals surface area contributed by atoms with Crippen molar-refractivity contribution in [3.63, 3.8) is 0 Å². The second-order valence-electron chi connectivity index (χ2n) is 6.60. The lowest BCUT2D eigenvalue weighted by Crippen LogP contribution is -2.34. The fraction of sp³-hybridized carbons (Fsp3) is 0.400. The molecule has 5 heteroatoms. The average Bonchev–Trinajstić information content (AvgIpc) is 3.17. The van der Waals surface area contributed by atoms with Gasteiger partial charge in [-0.15, -0.1) is 0 Å². The molecule has 0 spiro atoms. The van der Waals surface area contributed by atoms with E-state index in [1.807, 2.05) is 17.9 Å². The minimum atomic E-state index is 0.0647. The predicted molar refractivity (Wildman–Crippen MR) is 101 cm³/mol. The molecule has 1 aromatic heterocycles. The smallest absolute Gasteiger partial charge is 0.246 e. The molecule has 0 aliphatic carbocycles. The lowest BCUT2D eigenvalue weighted by atomic mass is 10.0. The summed E-state index contributed by atoms with van der Waals surface area (Å²) in [6.45, 7) is 2.73. The second-order valence-corrected chi connectivity index (χ2v) is 6.96. The minimum absolute atomic E-state index is 0.0647. The molecule has 1 aliphatic rings. The van der Waals surface area contributed by atoms with Crippen molar-refractivity contribution < 1.29 is 4.79 Å². The van der Waals surface area contributed by atoms with Crippen LogP contribution in [0.3, 0.4) is 0 Å². The summed E-state index contributed by atoms with van der Waals surface area (Å²) in [5, 5.41) is 4.83. The Hall–Kier alpha value is -2.07. The highest BCUT2D eigenvalue weighted by Crippen LogP contribution is 2.24. The highest BCUT2D eigenvalue weighted by molar-refractivity contribution is 6.31. The van der Waals surface area contributed by atoms with Gasteiger partial charge in [0.25, 0.3) is 0 Å². The van der Waals surface area contributed by atoms with Crippen LogP contribution >= 0.6 is 11.6 Å². The fourth-order valence-corrected chi connectivity index (χ4v) is 3.73. The Balaban J connectivity index is 1.63. The van der Waals surface area contributed by atoms with E-state index in [0.29, 0.717) is 11.2 Å². The van der Waals surface area contributed by atoms with Crippen LogP contribution in [0.15, 0.2) is 36.4 Å². The molecule has 25 heavy (non-hydrogen) atoms. The fourth-order valence-electron chi connectivity index (χ4n) is 3.49. The van der Waals surface area contributed by atoms with Gasteiger partial charge in [-0.05, 0) is 44.2 Å². The number of amides is 1. The maximum Gasteiger partial charge on any atom is 0.246 e. The second kappa shape index (κ2) is 7.87. The Kier molecular flexibility index (Phi) is 5.59. The van der Waals surface area contributed by atoms with Crippen molar-refractivity contribution in [2.45, 2.75) is 38.6 Å². The highest BCUT2D eigenvalue weighted by atomic mass is 35.5. The number of rotatable bonds is 5. The zero-order valence-electron chi connectivity index (χ0n) is 14.8. The third-order valence-electron chi connectivity index (χ3n) is 4.86. The van der Waals surface area contributed by atoms with E-state index in [4.69, 9.17) is 11.6 Å². The van der Waals surface area contributed by atoms with Crippen LogP contribution in [-0.2, 0) is 18.3 Å². The van der Waals surface area contributed by atoms with E-state index < -0.39 is 0 Å². The number of hydrogen-bond acceptors (Lipinski definition) is 2. The van der Waals surface area contributed by atoms with E-state index in [9.17, 15) is 4.79 Å². The molecule has 1 fully saturated rings. The first kappa shape index (κ1) is 17.7. The van der Waals surface area contributed by atoms with Crippen molar-refractivity contribution in [3.05, 3.63) is 58.4 Å². The van der Waals surface area contributed by atoms with Crippen LogP contribution in [0, 0.1) is 6.92 Å². The summed E-state index contributed by atoms with van der Waals surface area (Å²) >= 11 is 6.23. The summed E-state index contributed by atoms with van der Waals surface area (Å²) in [7, 11) is 1.80. The molecule has 1 amide bonds. The Bertz CT molecular complexity index is 767. The van der Waals surface area contributed by atoms with Crippen LogP contribution in [0.25, 0.3) is 6.08 Å². The van der Waals surface area contributed by atoms with E-state index in [2.05, 4.69) is 29.4 Å². The van der Waals surface area contributed by atoms with E-state index in [1.165, 1.54) is 5.56 Å². The molecule has 0 saturated carbocycles. The summed E-state index contributed by atoms with van der Waals surface area (Å²) in [5.41, 5.74) is 2.98. The van der Waals surface area contributed by atoms with Gasteiger partial charge in [0.2, 0.25) is 5.91 Å². The zero-order chi connectivity index (χ0) is 17.8. The van der Waals surface area contributed by atoms with Crippen molar-refractivity contribution in [1.82, 2.24) is 14.7 Å². The van der Waals surface area contributed by atoms with Crippen LogP contribution < -0.4 is 0 Å². The quantitative estimate of drug-likeness (QED) is 0.758. The molecule has 2 aromatic rings. The first-order chi connectivity index (χ1) is 12.1. The van der Waals surface area contributed by atoms with Gasteiger partial charge in [-0.2, -0.15) is 5.10 Å². The van der Waals surface area contributed by atoms with E-state index in [0.717, 1.165) is 43.5 Å². The van der Waals surface area contributed by atoms with Crippen molar-refractivity contribution in [2.24, 2.45) is 7.05 Å². The van der Waals surface area contributed by atoms with Gasteiger partial charge in [0.15, 0.2) is 0 Å². The molecule has 1 unspecified atom stereocenters. The number of aryl methyl sites for hydroxylation is 3. The molecule has 2 heterocycles. The molecule has 1 aromatic carbocycles. The van der Waals surface area contributed by atoms with Crippen molar-refractivity contribution in [3.8, 4) is 0 Å². The minimum Gasteiger partial charge on any atom is -0.336 e. The van der Waals surface area contributed by atoms with E-state index in [1.54, 1.807) is 23.9 Å². The Labute approximate surface area is 154 Å². The van der Waals surface area contributed by atoms with Crippen molar-refractivity contribution in [1.29, 1.82) is 0 Å². The zero-order valence-corrected chi connectivity index (χ0v) is 15.5. The molecular weight excluding hydrogens is 334 g/mol. The Morgan fingerprint density at radius 3 is 2.80 bits per heavy atom. The summed E-state index contributed by atoms with van der Waals surface area (Å²) in [4.78, 5) is 14.6. The maximum absolute atomic E-state index is 12.6. The van der Waals surface area contributed by atoms with Gasteiger partial charge < -0.3 is 4.90 Å². The topological polar surface area (TPSA) is 38.1 Å². The third kappa shape index (κ3) is 4.13. The van der Waals surface area contributed by atoms with Crippen LogP contribution in [0.4, 0.5) is 0 Å². The molecule has 3 rings (SSSR count). The summed E-state index contributed by atoms with van der Waals surface area (Å²) in [5.74, 6) is 0.0647. The number of halogens is 1. The van der Waals surface area contributed by atoms with Crippen molar-refractivity contribution in [2.75, 3.05) is 6.54 Å². The van der Waals surface area contributed by atoms with Gasteiger partial charge in [0, 0.05) is 31.3 Å². The maximum atomic E-state index is 12.6. The average molecular weight is 358 g/mol. The number of benzene rings is 1. The van der Waals surface area contributed by atoms with Gasteiger partial charge in [0.1, 0.15) is 5.15 Å². The molecule has 1 atom stereocenters. The molecule has 1 aliphatic heterocycles. The van der Waals surface area contributed by atoms with E-state index in [-0.39, 0.29) is 5.91 Å². The largest absolute Gasteiger partial charge is 0.336 e. The van der Waals surface area contributed by atoms with Gasteiger partial charge in [-0.25, -0.2) is 0 Å². The molecular formula is C20H24ClN3O. The summed E-state index contributed by atoms with van der Waals surface area (Å²) in [6, 6.07) is 10.8. The first-order valence-electron chi connectivity index (χ1n) is 8.78. The number of hydrogen-bond donors (Lipinski definition) is 0. The first-order valence-corrected chi connectivity index (χ1v) is 9.15. The number of carbonyl (C=O) groups is 1. The predicted octanol–water partition coefficient (Wildman–Crippen LogP) is 4.02. The monoisotopic (exact) mass is 357 g/mol. The van der Waals surface area contributed by atoms with Gasteiger partial charge in [0.05, 0.1) is 5.69 Å². The third-order valence-corrected chi connectivity index (χ3v) is 5.31. The molecule has 4 nitrogen and oxygen atoms in total. The normalized spacial score (nSPS) is 17.6. The molecule has 0 bridgehead atoms.